The van der Waals surface area contributed by atoms with Crippen LogP contribution in [0.2, 0.25) is 36.3 Å². The molecule has 2 N–H and O–H groups in total. The molecule has 1 aromatic carbocycles. The van der Waals surface area contributed by atoms with Gasteiger partial charge in [0.1, 0.15) is 36.8 Å². The number of hydrogen-bond acceptors (Lipinski definition) is 7. The Morgan fingerprint density at radius 3 is 1.97 bits per heavy atom. The van der Waals surface area contributed by atoms with Gasteiger partial charge in [0, 0.05) is 12.3 Å². The minimum Gasteiger partial charge on any atom is -0.491 e. The summed E-state index contributed by atoms with van der Waals surface area (Å²) >= 11 is 0. The van der Waals surface area contributed by atoms with Gasteiger partial charge < -0.3 is 23.4 Å². The third-order valence-electron chi connectivity index (χ3n) is 8.37. The number of H-pyrrole nitrogens is 1. The van der Waals surface area contributed by atoms with Crippen LogP contribution < -0.4 is 16.0 Å². The van der Waals surface area contributed by atoms with Crippen LogP contribution in [0.1, 0.15) is 47.8 Å². The second-order valence-electron chi connectivity index (χ2n) is 13.4. The molecule has 2 heterocycles. The van der Waals surface area contributed by atoms with Gasteiger partial charge in [0.05, 0.1) is 0 Å². The lowest BCUT2D eigenvalue weighted by Gasteiger charge is -2.44. The van der Waals surface area contributed by atoms with E-state index >= 15 is 0 Å². The van der Waals surface area contributed by atoms with E-state index in [0.29, 0.717) is 5.75 Å². The van der Waals surface area contributed by atoms with Crippen LogP contribution in [-0.2, 0) is 13.6 Å². The number of aliphatic hydroxyl groups is 1. The van der Waals surface area contributed by atoms with E-state index in [9.17, 15) is 14.7 Å². The van der Waals surface area contributed by atoms with Gasteiger partial charge in [0.15, 0.2) is 22.9 Å². The second kappa shape index (κ2) is 11.5. The molecule has 0 radical (unpaired) electrons. The van der Waals surface area contributed by atoms with Gasteiger partial charge in [-0.25, -0.2) is 4.79 Å². The van der Waals surface area contributed by atoms with Gasteiger partial charge in [0.25, 0.3) is 5.56 Å². The quantitative estimate of drug-likeness (QED) is 0.417. The van der Waals surface area contributed by atoms with Gasteiger partial charge >= 0.3 is 5.69 Å². The first-order valence-corrected chi connectivity index (χ1v) is 19.3. The number of aromatic nitrogens is 2. The van der Waals surface area contributed by atoms with Crippen LogP contribution in [0.3, 0.4) is 0 Å². The summed E-state index contributed by atoms with van der Waals surface area (Å²) in [7, 11) is -4.82. The standard InChI is InChI=1S/C28H46N2O7Si2/c1-27(2,3)38(7,8)36-23-22(20(31)18-34-19-14-12-11-13-15-19)35-25(30-17-16-21(32)29-26(30)33)24(23)37-39(9,10)28(4,5)6/h11-17,20,22-25,31H,18H2,1-10H3,(H,29,32,33)/t20?,22?,23-,24-,25-/m1/s1. The minimum absolute atomic E-state index is 0.0356. The van der Waals surface area contributed by atoms with E-state index in [2.05, 4.69) is 72.7 Å². The Balaban J connectivity index is 2.08. The predicted molar refractivity (Wildman–Crippen MR) is 157 cm³/mol. The van der Waals surface area contributed by atoms with Gasteiger partial charge in [0.2, 0.25) is 0 Å². The highest BCUT2D eigenvalue weighted by Gasteiger charge is 2.56. The average Bonchev–Trinajstić information content (AvgIpc) is 3.13. The van der Waals surface area contributed by atoms with Gasteiger partial charge in [-0.15, -0.1) is 0 Å². The van der Waals surface area contributed by atoms with E-state index in [4.69, 9.17) is 18.3 Å². The first-order chi connectivity index (χ1) is 17.8. The van der Waals surface area contributed by atoms with Gasteiger partial charge in [-0.05, 0) is 48.4 Å². The number of benzene rings is 1. The number of rotatable bonds is 9. The molecule has 1 fully saturated rings. The number of para-hydroxylation sites is 1. The molecule has 3 rings (SSSR count). The van der Waals surface area contributed by atoms with Crippen LogP contribution in [0.15, 0.2) is 52.2 Å². The zero-order valence-electron chi connectivity index (χ0n) is 25.0. The summed E-state index contributed by atoms with van der Waals surface area (Å²) < 4.78 is 27.5. The maximum atomic E-state index is 12.9. The van der Waals surface area contributed by atoms with E-state index < -0.39 is 58.5 Å². The number of nitrogens with zero attached hydrogens (tertiary/aromatic N) is 1. The Morgan fingerprint density at radius 2 is 1.46 bits per heavy atom. The van der Waals surface area contributed by atoms with Crippen LogP contribution in [0.5, 0.6) is 5.75 Å². The lowest BCUT2D eigenvalue weighted by molar-refractivity contribution is -0.0939. The van der Waals surface area contributed by atoms with Crippen molar-refractivity contribution in [3.63, 3.8) is 0 Å². The molecule has 1 saturated heterocycles. The average molecular weight is 579 g/mol. The third-order valence-corrected chi connectivity index (χ3v) is 17.3. The molecular weight excluding hydrogens is 532 g/mol. The van der Waals surface area contributed by atoms with Gasteiger partial charge in [-0.3, -0.25) is 14.3 Å². The Kier molecular flexibility index (Phi) is 9.25. The summed E-state index contributed by atoms with van der Waals surface area (Å²) in [6, 6.07) is 10.5. The summed E-state index contributed by atoms with van der Waals surface area (Å²) in [5.41, 5.74) is -1.11. The fourth-order valence-electron chi connectivity index (χ4n) is 3.91. The first kappa shape index (κ1) is 31.5. The summed E-state index contributed by atoms with van der Waals surface area (Å²) in [4.78, 5) is 27.1. The highest BCUT2D eigenvalue weighted by Crippen LogP contribution is 2.46. The van der Waals surface area contributed by atoms with Crippen LogP contribution in [-0.4, -0.2) is 62.3 Å². The monoisotopic (exact) mass is 578 g/mol. The largest absolute Gasteiger partial charge is 0.491 e. The molecule has 0 aliphatic carbocycles. The van der Waals surface area contributed by atoms with Crippen molar-refractivity contribution < 1.29 is 23.4 Å². The second-order valence-corrected chi connectivity index (χ2v) is 22.9. The van der Waals surface area contributed by atoms with Gasteiger partial charge in [-0.1, -0.05) is 59.7 Å². The van der Waals surface area contributed by atoms with Crippen molar-refractivity contribution in [3.05, 3.63) is 63.4 Å². The topological polar surface area (TPSA) is 112 Å². The molecule has 0 spiro atoms. The smallest absolute Gasteiger partial charge is 0.330 e. The number of ether oxygens (including phenoxy) is 2. The molecule has 218 valence electrons. The van der Waals surface area contributed by atoms with E-state index in [1.54, 1.807) is 0 Å². The number of aromatic amines is 1. The molecule has 0 bridgehead atoms. The number of hydrogen-bond donors (Lipinski definition) is 2. The molecule has 2 unspecified atom stereocenters. The van der Waals surface area contributed by atoms with Crippen molar-refractivity contribution in [2.75, 3.05) is 6.61 Å². The highest BCUT2D eigenvalue weighted by atomic mass is 28.4. The van der Waals surface area contributed by atoms with Crippen molar-refractivity contribution in [2.24, 2.45) is 0 Å². The Hall–Kier alpha value is -2.03. The van der Waals surface area contributed by atoms with Crippen LogP contribution in [0.25, 0.3) is 0 Å². The zero-order valence-corrected chi connectivity index (χ0v) is 27.0. The molecule has 11 heteroatoms. The Bertz CT molecular complexity index is 1220. The number of nitrogens with one attached hydrogen (secondary N) is 1. The molecule has 39 heavy (non-hydrogen) atoms. The lowest BCUT2D eigenvalue weighted by atomic mass is 10.1. The SMILES string of the molecule is CC(C)(C)[Si](C)(C)O[C@@H]1[C@H](O[Si](C)(C)C(C)(C)C)C(C(O)COc2ccccc2)O[C@H]1n1ccc(=O)[nH]c1=O. The molecule has 9 nitrogen and oxygen atoms in total. The van der Waals surface area contributed by atoms with Gasteiger partial charge in [-0.2, -0.15) is 0 Å². The summed E-state index contributed by atoms with van der Waals surface area (Å²) in [5, 5.41) is 11.2. The summed E-state index contributed by atoms with van der Waals surface area (Å²) in [5.74, 6) is 0.624. The van der Waals surface area contributed by atoms with E-state index in [1.165, 1.54) is 16.8 Å². The summed E-state index contributed by atoms with van der Waals surface area (Å²) in [6.45, 7) is 21.4. The van der Waals surface area contributed by atoms with Crippen molar-refractivity contribution >= 4 is 16.6 Å². The molecule has 0 saturated carbocycles. The first-order valence-electron chi connectivity index (χ1n) is 13.5. The fourth-order valence-corrected chi connectivity index (χ4v) is 6.50. The lowest BCUT2D eigenvalue weighted by Crippen LogP contribution is -2.55. The normalized spacial score (nSPS) is 23.6. The van der Waals surface area contributed by atoms with Crippen LogP contribution >= 0.6 is 0 Å². The Labute approximate surface area is 233 Å². The van der Waals surface area contributed by atoms with Crippen molar-refractivity contribution in [1.29, 1.82) is 0 Å². The zero-order chi connectivity index (χ0) is 29.4. The minimum atomic E-state index is -2.42. The van der Waals surface area contributed by atoms with Crippen molar-refractivity contribution in [1.82, 2.24) is 9.55 Å². The molecule has 1 aromatic heterocycles. The van der Waals surface area contributed by atoms with E-state index in [0.717, 1.165) is 0 Å². The van der Waals surface area contributed by atoms with Crippen LogP contribution in [0, 0.1) is 0 Å². The summed E-state index contributed by atoms with van der Waals surface area (Å²) in [6.07, 6.45) is -2.82. The third kappa shape index (κ3) is 7.19. The van der Waals surface area contributed by atoms with Crippen LogP contribution in [0.4, 0.5) is 0 Å². The predicted octanol–water partition coefficient (Wildman–Crippen LogP) is 4.65. The molecule has 5 atom stereocenters. The highest BCUT2D eigenvalue weighted by molar-refractivity contribution is 6.74. The van der Waals surface area contributed by atoms with E-state index in [-0.39, 0.29) is 16.7 Å². The maximum absolute atomic E-state index is 12.9. The van der Waals surface area contributed by atoms with Crippen molar-refractivity contribution in [2.45, 2.75) is 108 Å². The Morgan fingerprint density at radius 1 is 0.923 bits per heavy atom. The van der Waals surface area contributed by atoms with E-state index in [1.807, 2.05) is 30.3 Å². The molecule has 1 aliphatic rings. The molecule has 1 aliphatic heterocycles. The van der Waals surface area contributed by atoms with Crippen molar-refractivity contribution in [3.8, 4) is 5.75 Å². The molecule has 2 aromatic rings. The fraction of sp³-hybridized carbons (Fsp3) is 0.643. The number of aliphatic hydroxyl groups excluding tert-OH is 1. The maximum Gasteiger partial charge on any atom is 0.330 e. The molecular formula is C28H46N2O7Si2. The molecule has 0 amide bonds.